The van der Waals surface area contributed by atoms with Gasteiger partial charge in [0, 0.05) is 5.56 Å². The summed E-state index contributed by atoms with van der Waals surface area (Å²) in [5.74, 6) is -0.473. The van der Waals surface area contributed by atoms with Crippen LogP contribution in [0, 0.1) is 7.14 Å². The molecule has 0 aliphatic rings. The lowest BCUT2D eigenvalue weighted by atomic mass is 10.1. The van der Waals surface area contributed by atoms with Gasteiger partial charge in [-0.25, -0.2) is 9.78 Å². The molecular formula is C30H18F3I2N3O4. The number of hydrogen-bond acceptors (Lipinski definition) is 5. The van der Waals surface area contributed by atoms with E-state index in [9.17, 15) is 27.9 Å². The van der Waals surface area contributed by atoms with Gasteiger partial charge in [0.05, 0.1) is 35.4 Å². The number of carboxylic acid groups (broad SMARTS) is 1. The quantitative estimate of drug-likeness (QED) is 0.137. The van der Waals surface area contributed by atoms with Crippen LogP contribution >= 0.6 is 45.2 Å². The second-order valence-electron chi connectivity index (χ2n) is 9.00. The van der Waals surface area contributed by atoms with Crippen LogP contribution in [0.25, 0.3) is 22.3 Å². The first-order chi connectivity index (χ1) is 20.0. The van der Waals surface area contributed by atoms with Crippen molar-refractivity contribution in [1.29, 1.82) is 0 Å². The number of benzene rings is 4. The van der Waals surface area contributed by atoms with Gasteiger partial charge in [-0.2, -0.15) is 22.9 Å². The van der Waals surface area contributed by atoms with E-state index in [1.165, 1.54) is 24.4 Å². The van der Waals surface area contributed by atoms with Crippen LogP contribution in [0.1, 0.15) is 27.0 Å². The molecule has 0 aliphatic carbocycles. The molecule has 0 radical (unpaired) electrons. The fraction of sp³-hybridized carbons (Fsp3) is 0.0667. The Morgan fingerprint density at radius 2 is 1.69 bits per heavy atom. The first-order valence-corrected chi connectivity index (χ1v) is 14.3. The normalized spacial score (nSPS) is 11.7. The fourth-order valence-corrected chi connectivity index (χ4v) is 6.25. The Kier molecular flexibility index (Phi) is 8.63. The van der Waals surface area contributed by atoms with Crippen molar-refractivity contribution in [1.82, 2.24) is 9.66 Å². The standard InChI is InChI=1S/C30H18F3I2N3O4/c31-30(32,33)21-8-4-6-19(14-21)27-37-25-10-2-1-9-22(25)28(39)38(27)36-15-18-12-23(34)26(24(35)13-18)42-16-17-5-3-7-20(11-17)29(40)41/h1-15H,16H2,(H,40,41). The number of aromatic nitrogens is 2. The highest BCUT2D eigenvalue weighted by molar-refractivity contribution is 14.1. The topological polar surface area (TPSA) is 93.8 Å². The van der Waals surface area contributed by atoms with Gasteiger partial charge in [-0.15, -0.1) is 0 Å². The number of ether oxygens (including phenoxy) is 1. The minimum absolute atomic E-state index is 0.0333. The molecule has 1 aromatic heterocycles. The predicted molar refractivity (Wildman–Crippen MR) is 169 cm³/mol. The van der Waals surface area contributed by atoms with Crippen molar-refractivity contribution in [2.75, 3.05) is 0 Å². The number of hydrogen-bond donors (Lipinski definition) is 1. The number of alkyl halides is 3. The van der Waals surface area contributed by atoms with Crippen LogP contribution < -0.4 is 10.3 Å². The smallest absolute Gasteiger partial charge is 0.416 e. The number of aromatic carboxylic acids is 1. The zero-order chi connectivity index (χ0) is 30.0. The van der Waals surface area contributed by atoms with Gasteiger partial charge in [-0.05, 0) is 105 Å². The second-order valence-corrected chi connectivity index (χ2v) is 11.3. The molecule has 12 heteroatoms. The van der Waals surface area contributed by atoms with Crippen LogP contribution in [0.15, 0.2) is 94.8 Å². The number of halogens is 5. The van der Waals surface area contributed by atoms with E-state index in [1.807, 2.05) is 0 Å². The SMILES string of the molecule is O=C(O)c1cccc(COc2c(I)cc(C=Nn3c(-c4cccc(C(F)(F)F)c4)nc4ccccc4c3=O)cc2I)c1. The van der Waals surface area contributed by atoms with Gasteiger partial charge in [0.15, 0.2) is 5.82 Å². The Morgan fingerprint density at radius 1 is 0.976 bits per heavy atom. The molecule has 4 aromatic carbocycles. The van der Waals surface area contributed by atoms with E-state index in [2.05, 4.69) is 55.3 Å². The molecule has 0 spiro atoms. The van der Waals surface area contributed by atoms with E-state index in [1.54, 1.807) is 54.6 Å². The highest BCUT2D eigenvalue weighted by Crippen LogP contribution is 2.32. The maximum absolute atomic E-state index is 13.4. The zero-order valence-corrected chi connectivity index (χ0v) is 25.6. The molecule has 212 valence electrons. The molecule has 1 heterocycles. The summed E-state index contributed by atoms with van der Waals surface area (Å²) in [6, 6.07) is 21.2. The lowest BCUT2D eigenvalue weighted by Crippen LogP contribution is -2.20. The van der Waals surface area contributed by atoms with Gasteiger partial charge in [0.2, 0.25) is 0 Å². The summed E-state index contributed by atoms with van der Waals surface area (Å²) in [6.45, 7) is 0.152. The number of para-hydroxylation sites is 1. The van der Waals surface area contributed by atoms with Crippen LogP contribution in [-0.4, -0.2) is 27.0 Å². The monoisotopic (exact) mass is 795 g/mol. The second kappa shape index (κ2) is 12.2. The first kappa shape index (κ1) is 29.7. The molecule has 42 heavy (non-hydrogen) atoms. The average Bonchev–Trinajstić information content (AvgIpc) is 2.96. The van der Waals surface area contributed by atoms with Crippen LogP contribution in [0.4, 0.5) is 13.2 Å². The largest absolute Gasteiger partial charge is 0.487 e. The van der Waals surface area contributed by atoms with Crippen molar-refractivity contribution in [2.45, 2.75) is 12.8 Å². The van der Waals surface area contributed by atoms with Crippen molar-refractivity contribution < 1.29 is 27.8 Å². The van der Waals surface area contributed by atoms with Gasteiger partial charge < -0.3 is 9.84 Å². The molecule has 1 N–H and O–H groups in total. The summed E-state index contributed by atoms with van der Waals surface area (Å²) in [7, 11) is 0. The highest BCUT2D eigenvalue weighted by Gasteiger charge is 2.31. The third kappa shape index (κ3) is 6.48. The number of fused-ring (bicyclic) bond motifs is 1. The minimum atomic E-state index is -4.57. The Bertz CT molecular complexity index is 1900. The minimum Gasteiger partial charge on any atom is -0.487 e. The Balaban J connectivity index is 1.50. The Morgan fingerprint density at radius 3 is 2.40 bits per heavy atom. The summed E-state index contributed by atoms with van der Waals surface area (Å²) in [5.41, 5.74) is 0.488. The molecular weight excluding hydrogens is 777 g/mol. The molecule has 5 rings (SSSR count). The summed E-state index contributed by atoms with van der Waals surface area (Å²) < 4.78 is 48.8. The number of carboxylic acids is 1. The highest BCUT2D eigenvalue weighted by atomic mass is 127. The van der Waals surface area contributed by atoms with Crippen LogP contribution in [0.2, 0.25) is 0 Å². The molecule has 0 unspecified atom stereocenters. The van der Waals surface area contributed by atoms with Gasteiger partial charge in [0.25, 0.3) is 5.56 Å². The molecule has 0 amide bonds. The van der Waals surface area contributed by atoms with Crippen molar-refractivity contribution in [3.05, 3.63) is 125 Å². The number of rotatable bonds is 7. The van der Waals surface area contributed by atoms with Crippen molar-refractivity contribution in [3.63, 3.8) is 0 Å². The third-order valence-electron chi connectivity index (χ3n) is 6.10. The fourth-order valence-electron chi connectivity index (χ4n) is 4.12. The Labute approximate surface area is 264 Å². The maximum Gasteiger partial charge on any atom is 0.416 e. The molecule has 5 aromatic rings. The maximum atomic E-state index is 13.4. The third-order valence-corrected chi connectivity index (χ3v) is 7.70. The van der Waals surface area contributed by atoms with E-state index in [0.29, 0.717) is 22.4 Å². The van der Waals surface area contributed by atoms with Gasteiger partial charge in [-0.1, -0.05) is 36.4 Å². The Hall–Kier alpha value is -3.79. The lowest BCUT2D eigenvalue weighted by molar-refractivity contribution is -0.137. The molecule has 0 aliphatic heterocycles. The number of nitrogens with zero attached hydrogens (tertiary/aromatic N) is 3. The van der Waals surface area contributed by atoms with Crippen molar-refractivity contribution in [2.24, 2.45) is 5.10 Å². The summed E-state index contributed by atoms with van der Waals surface area (Å²) in [4.78, 5) is 29.2. The van der Waals surface area contributed by atoms with Crippen molar-refractivity contribution >= 4 is 68.3 Å². The van der Waals surface area contributed by atoms with Gasteiger partial charge in [-0.3, -0.25) is 4.79 Å². The lowest BCUT2D eigenvalue weighted by Gasteiger charge is -2.13. The van der Waals surface area contributed by atoms with Crippen LogP contribution in [0.3, 0.4) is 0 Å². The average molecular weight is 795 g/mol. The van der Waals surface area contributed by atoms with Crippen LogP contribution in [0.5, 0.6) is 5.75 Å². The first-order valence-electron chi connectivity index (χ1n) is 12.2. The molecule has 0 atom stereocenters. The molecule has 0 saturated carbocycles. The molecule has 7 nitrogen and oxygen atoms in total. The molecule has 0 fully saturated rings. The summed E-state index contributed by atoms with van der Waals surface area (Å²) in [6.07, 6.45) is -3.14. The number of carbonyl (C=O) groups is 1. The van der Waals surface area contributed by atoms with Gasteiger partial charge >= 0.3 is 12.1 Å². The van der Waals surface area contributed by atoms with E-state index in [0.717, 1.165) is 23.9 Å². The van der Waals surface area contributed by atoms with E-state index in [-0.39, 0.29) is 28.9 Å². The van der Waals surface area contributed by atoms with E-state index >= 15 is 0 Å². The van der Waals surface area contributed by atoms with E-state index in [4.69, 9.17) is 4.74 Å². The zero-order valence-electron chi connectivity index (χ0n) is 21.3. The summed E-state index contributed by atoms with van der Waals surface area (Å²) in [5, 5.41) is 13.8. The molecule has 0 bridgehead atoms. The summed E-state index contributed by atoms with van der Waals surface area (Å²) >= 11 is 4.20. The van der Waals surface area contributed by atoms with Crippen molar-refractivity contribution in [3.8, 4) is 17.1 Å². The predicted octanol–water partition coefficient (Wildman–Crippen LogP) is 7.45. The van der Waals surface area contributed by atoms with Gasteiger partial charge in [0.1, 0.15) is 12.4 Å². The van der Waals surface area contributed by atoms with E-state index < -0.39 is 23.3 Å². The molecule has 0 saturated heterocycles. The van der Waals surface area contributed by atoms with Crippen LogP contribution in [-0.2, 0) is 12.8 Å².